The predicted octanol–water partition coefficient (Wildman–Crippen LogP) is 1.66. The maximum atomic E-state index is 12.5. The van der Waals surface area contributed by atoms with Crippen LogP contribution in [-0.4, -0.2) is 64.3 Å². The van der Waals surface area contributed by atoms with Crippen LogP contribution in [-0.2, 0) is 14.6 Å². The number of H-pyrrole nitrogens is 1. The lowest BCUT2D eigenvalue weighted by Gasteiger charge is -2.25. The van der Waals surface area contributed by atoms with Crippen LogP contribution in [0.4, 0.5) is 0 Å². The van der Waals surface area contributed by atoms with Crippen LogP contribution >= 0.6 is 23.1 Å². The maximum Gasteiger partial charge on any atom is 0.235 e. The Labute approximate surface area is 148 Å². The van der Waals surface area contributed by atoms with Crippen molar-refractivity contribution in [2.45, 2.75) is 29.8 Å². The molecule has 24 heavy (non-hydrogen) atoms. The highest BCUT2D eigenvalue weighted by Gasteiger charge is 2.34. The number of hydrogen-bond donors (Lipinski definition) is 1. The summed E-state index contributed by atoms with van der Waals surface area (Å²) in [6.07, 6.45) is 0.505. The van der Waals surface area contributed by atoms with E-state index >= 15 is 0 Å². The summed E-state index contributed by atoms with van der Waals surface area (Å²) in [4.78, 5) is 19.5. The van der Waals surface area contributed by atoms with Crippen LogP contribution < -0.4 is 0 Å². The second-order valence-corrected chi connectivity index (χ2v) is 10.2. The third-order valence-corrected chi connectivity index (χ3v) is 7.53. The molecular weight excluding hydrogens is 368 g/mol. The molecule has 3 rings (SSSR count). The van der Waals surface area contributed by atoms with Crippen LogP contribution in [0.5, 0.6) is 0 Å². The first-order valence-electron chi connectivity index (χ1n) is 7.46. The standard InChI is InChI=1S/C14H18N4O3S3/c1-9(13(19)18(2)10-5-7-24(20,21)8-10)23-14-15-12(16-17-14)11-4-3-6-22-11/h3-4,6,9-10H,5,7-8H2,1-2H3,(H,15,16,17)/t9-,10-/m0/s1. The van der Waals surface area contributed by atoms with E-state index in [1.807, 2.05) is 17.5 Å². The molecule has 2 aromatic heterocycles. The quantitative estimate of drug-likeness (QED) is 0.785. The van der Waals surface area contributed by atoms with E-state index in [1.165, 1.54) is 11.8 Å². The van der Waals surface area contributed by atoms with Crippen molar-refractivity contribution in [1.29, 1.82) is 0 Å². The number of aromatic nitrogens is 3. The van der Waals surface area contributed by atoms with Crippen LogP contribution in [0, 0.1) is 0 Å². The number of carbonyl (C=O) groups is 1. The Morgan fingerprint density at radius 1 is 1.54 bits per heavy atom. The van der Waals surface area contributed by atoms with Crippen LogP contribution in [0.3, 0.4) is 0 Å². The lowest BCUT2D eigenvalue weighted by Crippen LogP contribution is -2.41. The zero-order valence-electron chi connectivity index (χ0n) is 13.3. The maximum absolute atomic E-state index is 12.5. The third-order valence-electron chi connectivity index (χ3n) is 3.95. The minimum Gasteiger partial charge on any atom is -0.341 e. The normalized spacial score (nSPS) is 20.8. The second kappa shape index (κ2) is 6.85. The largest absolute Gasteiger partial charge is 0.341 e. The highest BCUT2D eigenvalue weighted by atomic mass is 32.2. The monoisotopic (exact) mass is 386 g/mol. The Kier molecular flexibility index (Phi) is 4.97. The lowest BCUT2D eigenvalue weighted by atomic mass is 10.2. The molecule has 1 saturated heterocycles. The molecule has 0 aliphatic carbocycles. The van der Waals surface area contributed by atoms with Crippen molar-refractivity contribution in [3.8, 4) is 10.7 Å². The summed E-state index contributed by atoms with van der Waals surface area (Å²) in [5, 5.41) is 9.10. The van der Waals surface area contributed by atoms with Gasteiger partial charge in [-0.05, 0) is 24.8 Å². The average Bonchev–Trinajstić information content (AvgIpc) is 3.25. The van der Waals surface area contributed by atoms with Crippen molar-refractivity contribution in [3.63, 3.8) is 0 Å². The molecule has 1 fully saturated rings. The molecule has 1 aliphatic heterocycles. The Balaban J connectivity index is 1.62. The molecule has 0 unspecified atom stereocenters. The lowest BCUT2D eigenvalue weighted by molar-refractivity contribution is -0.130. The molecule has 10 heteroatoms. The van der Waals surface area contributed by atoms with Crippen molar-refractivity contribution < 1.29 is 13.2 Å². The van der Waals surface area contributed by atoms with Gasteiger partial charge < -0.3 is 4.90 Å². The van der Waals surface area contributed by atoms with Crippen molar-refractivity contribution >= 4 is 38.8 Å². The molecular formula is C14H18N4O3S3. The number of hydrogen-bond acceptors (Lipinski definition) is 7. The van der Waals surface area contributed by atoms with Gasteiger partial charge in [0, 0.05) is 13.1 Å². The highest BCUT2D eigenvalue weighted by Crippen LogP contribution is 2.27. The molecule has 0 aromatic carbocycles. The minimum absolute atomic E-state index is 0.0514. The Morgan fingerprint density at radius 2 is 2.33 bits per heavy atom. The molecule has 130 valence electrons. The second-order valence-electron chi connectivity index (χ2n) is 5.71. The fourth-order valence-electron chi connectivity index (χ4n) is 2.58. The molecule has 1 aliphatic rings. The molecule has 7 nitrogen and oxygen atoms in total. The number of rotatable bonds is 5. The minimum atomic E-state index is -3.01. The Bertz CT molecular complexity index is 816. The molecule has 0 saturated carbocycles. The highest BCUT2D eigenvalue weighted by molar-refractivity contribution is 8.00. The molecule has 0 radical (unpaired) electrons. The van der Waals surface area contributed by atoms with E-state index in [1.54, 1.807) is 30.2 Å². The van der Waals surface area contributed by atoms with Gasteiger partial charge in [0.25, 0.3) is 0 Å². The average molecular weight is 387 g/mol. The van der Waals surface area contributed by atoms with Gasteiger partial charge in [-0.25, -0.2) is 13.4 Å². The van der Waals surface area contributed by atoms with Crippen molar-refractivity contribution in [1.82, 2.24) is 20.1 Å². The fourth-order valence-corrected chi connectivity index (χ4v) is 5.84. The predicted molar refractivity (Wildman–Crippen MR) is 94.8 cm³/mol. The van der Waals surface area contributed by atoms with Gasteiger partial charge in [-0.2, -0.15) is 0 Å². The summed E-state index contributed by atoms with van der Waals surface area (Å²) in [5.41, 5.74) is 0. The smallest absolute Gasteiger partial charge is 0.235 e. The van der Waals surface area contributed by atoms with E-state index in [0.717, 1.165) is 4.88 Å². The van der Waals surface area contributed by atoms with Gasteiger partial charge in [-0.3, -0.25) is 9.89 Å². The topological polar surface area (TPSA) is 96.0 Å². The number of aromatic amines is 1. The summed E-state index contributed by atoms with van der Waals surface area (Å²) in [6.45, 7) is 1.79. The van der Waals surface area contributed by atoms with Gasteiger partial charge >= 0.3 is 0 Å². The number of sulfone groups is 1. The van der Waals surface area contributed by atoms with E-state index in [2.05, 4.69) is 15.2 Å². The van der Waals surface area contributed by atoms with Crippen LogP contribution in [0.2, 0.25) is 0 Å². The number of carbonyl (C=O) groups excluding carboxylic acids is 1. The van der Waals surface area contributed by atoms with Crippen LogP contribution in [0.25, 0.3) is 10.7 Å². The summed E-state index contributed by atoms with van der Waals surface area (Å²) in [5.74, 6) is 0.782. The fraction of sp³-hybridized carbons (Fsp3) is 0.500. The first kappa shape index (κ1) is 17.4. The molecule has 2 atom stereocenters. The van der Waals surface area contributed by atoms with E-state index in [0.29, 0.717) is 17.4 Å². The first-order valence-corrected chi connectivity index (χ1v) is 11.0. The number of thioether (sulfide) groups is 1. The van der Waals surface area contributed by atoms with Gasteiger partial charge in [0.05, 0.1) is 21.6 Å². The molecule has 1 amide bonds. The van der Waals surface area contributed by atoms with Gasteiger partial charge in [0.15, 0.2) is 15.7 Å². The number of amides is 1. The van der Waals surface area contributed by atoms with E-state index in [-0.39, 0.29) is 28.7 Å². The zero-order valence-corrected chi connectivity index (χ0v) is 15.7. The van der Waals surface area contributed by atoms with Gasteiger partial charge in [-0.15, -0.1) is 16.4 Å². The SMILES string of the molecule is C[C@H](Sc1n[nH]c(-c2cccs2)n1)C(=O)N(C)[C@H]1CCS(=O)(=O)C1. The van der Waals surface area contributed by atoms with Crippen molar-refractivity contribution in [3.05, 3.63) is 17.5 Å². The molecule has 2 aromatic rings. The zero-order chi connectivity index (χ0) is 17.3. The third kappa shape index (κ3) is 3.81. The first-order chi connectivity index (χ1) is 11.4. The van der Waals surface area contributed by atoms with E-state index < -0.39 is 9.84 Å². The number of nitrogens with zero attached hydrogens (tertiary/aromatic N) is 3. The number of thiophene rings is 1. The van der Waals surface area contributed by atoms with E-state index in [9.17, 15) is 13.2 Å². The summed E-state index contributed by atoms with van der Waals surface area (Å²) in [6, 6.07) is 3.65. The van der Waals surface area contributed by atoms with Crippen LogP contribution in [0.1, 0.15) is 13.3 Å². The van der Waals surface area contributed by atoms with Gasteiger partial charge in [-0.1, -0.05) is 17.8 Å². The molecule has 0 bridgehead atoms. The van der Waals surface area contributed by atoms with Gasteiger partial charge in [0.1, 0.15) is 0 Å². The van der Waals surface area contributed by atoms with Crippen molar-refractivity contribution in [2.24, 2.45) is 0 Å². The van der Waals surface area contributed by atoms with Crippen molar-refractivity contribution in [2.75, 3.05) is 18.6 Å². The van der Waals surface area contributed by atoms with Crippen LogP contribution in [0.15, 0.2) is 22.7 Å². The number of nitrogens with one attached hydrogen (secondary N) is 1. The Hall–Kier alpha value is -1.39. The van der Waals surface area contributed by atoms with Gasteiger partial charge in [0.2, 0.25) is 11.1 Å². The summed E-state index contributed by atoms with van der Waals surface area (Å²) in [7, 11) is -1.34. The molecule has 3 heterocycles. The molecule has 1 N–H and O–H groups in total. The Morgan fingerprint density at radius 3 is 2.96 bits per heavy atom. The summed E-state index contributed by atoms with van der Waals surface area (Å²) < 4.78 is 23.2. The summed E-state index contributed by atoms with van der Waals surface area (Å²) >= 11 is 2.83. The molecule has 0 spiro atoms. The van der Waals surface area contributed by atoms with E-state index in [4.69, 9.17) is 0 Å².